The SMILES string of the molecule is Cc1ccc(NC(=O)CSC2CCCCC2)c(N)c1. The lowest BCUT2D eigenvalue weighted by Crippen LogP contribution is -2.18. The summed E-state index contributed by atoms with van der Waals surface area (Å²) >= 11 is 1.78. The second kappa shape index (κ2) is 6.85. The number of nitrogens with two attached hydrogens (primary N) is 1. The molecule has 0 atom stereocenters. The lowest BCUT2D eigenvalue weighted by atomic mass is 10.0. The van der Waals surface area contributed by atoms with Crippen LogP contribution in [0.2, 0.25) is 0 Å². The van der Waals surface area contributed by atoms with Gasteiger partial charge in [-0.05, 0) is 37.5 Å². The molecule has 0 bridgehead atoms. The van der Waals surface area contributed by atoms with Gasteiger partial charge in [-0.1, -0.05) is 25.3 Å². The second-order valence-corrected chi connectivity index (χ2v) is 6.50. The van der Waals surface area contributed by atoms with Gasteiger partial charge in [0, 0.05) is 5.25 Å². The molecule has 1 saturated carbocycles. The molecular formula is C15H22N2OS. The van der Waals surface area contributed by atoms with Gasteiger partial charge in [0.2, 0.25) is 5.91 Å². The predicted molar refractivity (Wildman–Crippen MR) is 83.6 cm³/mol. The highest BCUT2D eigenvalue weighted by Crippen LogP contribution is 2.28. The Morgan fingerprint density at radius 2 is 2.11 bits per heavy atom. The van der Waals surface area contributed by atoms with E-state index in [-0.39, 0.29) is 5.91 Å². The highest BCUT2D eigenvalue weighted by molar-refractivity contribution is 8.00. The van der Waals surface area contributed by atoms with Gasteiger partial charge < -0.3 is 11.1 Å². The van der Waals surface area contributed by atoms with Crippen LogP contribution in [0.5, 0.6) is 0 Å². The zero-order valence-electron chi connectivity index (χ0n) is 11.4. The van der Waals surface area contributed by atoms with Crippen molar-refractivity contribution in [1.29, 1.82) is 0 Å². The van der Waals surface area contributed by atoms with E-state index in [2.05, 4.69) is 5.32 Å². The smallest absolute Gasteiger partial charge is 0.234 e. The van der Waals surface area contributed by atoms with E-state index in [9.17, 15) is 4.79 Å². The van der Waals surface area contributed by atoms with Crippen molar-refractivity contribution in [3.05, 3.63) is 23.8 Å². The summed E-state index contributed by atoms with van der Waals surface area (Å²) in [6.07, 6.45) is 6.48. The average molecular weight is 278 g/mol. The number of amides is 1. The number of benzene rings is 1. The molecule has 104 valence electrons. The largest absolute Gasteiger partial charge is 0.397 e. The van der Waals surface area contributed by atoms with E-state index in [0.29, 0.717) is 16.7 Å². The number of carbonyl (C=O) groups excluding carboxylic acids is 1. The molecule has 1 aromatic rings. The van der Waals surface area contributed by atoms with Crippen molar-refractivity contribution in [1.82, 2.24) is 0 Å². The van der Waals surface area contributed by atoms with Crippen molar-refractivity contribution in [3.8, 4) is 0 Å². The minimum Gasteiger partial charge on any atom is -0.397 e. The van der Waals surface area contributed by atoms with Gasteiger partial charge in [0.25, 0.3) is 0 Å². The fourth-order valence-electron chi connectivity index (χ4n) is 2.41. The Morgan fingerprint density at radius 1 is 1.37 bits per heavy atom. The lowest BCUT2D eigenvalue weighted by Gasteiger charge is -2.20. The van der Waals surface area contributed by atoms with Crippen molar-refractivity contribution in [2.45, 2.75) is 44.3 Å². The summed E-state index contributed by atoms with van der Waals surface area (Å²) in [7, 11) is 0. The molecule has 0 aromatic heterocycles. The number of hydrogen-bond acceptors (Lipinski definition) is 3. The molecule has 0 aliphatic heterocycles. The van der Waals surface area contributed by atoms with E-state index < -0.39 is 0 Å². The number of aryl methyl sites for hydroxylation is 1. The molecule has 1 fully saturated rings. The fraction of sp³-hybridized carbons (Fsp3) is 0.533. The lowest BCUT2D eigenvalue weighted by molar-refractivity contribution is -0.113. The van der Waals surface area contributed by atoms with Crippen LogP contribution in [-0.2, 0) is 4.79 Å². The quantitative estimate of drug-likeness (QED) is 0.828. The third-order valence-electron chi connectivity index (χ3n) is 3.48. The first-order chi connectivity index (χ1) is 9.15. The van der Waals surface area contributed by atoms with E-state index in [1.807, 2.05) is 25.1 Å². The standard InChI is InChI=1S/C15H22N2OS/c1-11-7-8-14(13(16)9-11)17-15(18)10-19-12-5-3-2-4-6-12/h7-9,12H,2-6,10,16H2,1H3,(H,17,18). The molecule has 3 nitrogen and oxygen atoms in total. The third-order valence-corrected chi connectivity index (χ3v) is 4.86. The van der Waals surface area contributed by atoms with Crippen LogP contribution in [0, 0.1) is 6.92 Å². The molecular weight excluding hydrogens is 256 g/mol. The van der Waals surface area contributed by atoms with E-state index in [4.69, 9.17) is 5.73 Å². The average Bonchev–Trinajstić information content (AvgIpc) is 2.41. The van der Waals surface area contributed by atoms with Crippen molar-refractivity contribution in [2.75, 3.05) is 16.8 Å². The minimum atomic E-state index is 0.0473. The Kier molecular flexibility index (Phi) is 5.14. The van der Waals surface area contributed by atoms with Crippen LogP contribution in [-0.4, -0.2) is 16.9 Å². The van der Waals surface area contributed by atoms with Crippen LogP contribution in [0.3, 0.4) is 0 Å². The van der Waals surface area contributed by atoms with Gasteiger partial charge in [-0.15, -0.1) is 11.8 Å². The molecule has 0 spiro atoms. The molecule has 2 rings (SSSR count). The molecule has 0 heterocycles. The number of nitrogens with one attached hydrogen (secondary N) is 1. The topological polar surface area (TPSA) is 55.1 Å². The van der Waals surface area contributed by atoms with Crippen LogP contribution < -0.4 is 11.1 Å². The van der Waals surface area contributed by atoms with Gasteiger partial charge in [0.1, 0.15) is 0 Å². The first kappa shape index (κ1) is 14.3. The number of nitrogen functional groups attached to an aromatic ring is 1. The number of thioether (sulfide) groups is 1. The molecule has 1 amide bonds. The first-order valence-electron chi connectivity index (χ1n) is 6.93. The zero-order valence-corrected chi connectivity index (χ0v) is 12.3. The maximum atomic E-state index is 11.9. The molecule has 1 aliphatic rings. The number of rotatable bonds is 4. The summed E-state index contributed by atoms with van der Waals surface area (Å²) < 4.78 is 0. The molecule has 4 heteroatoms. The van der Waals surface area contributed by atoms with Crippen molar-refractivity contribution in [2.24, 2.45) is 0 Å². The number of carbonyl (C=O) groups is 1. The van der Waals surface area contributed by atoms with Crippen molar-refractivity contribution < 1.29 is 4.79 Å². The van der Waals surface area contributed by atoms with Crippen molar-refractivity contribution in [3.63, 3.8) is 0 Å². The predicted octanol–water partition coefficient (Wildman–Crippen LogP) is 3.58. The molecule has 1 aromatic carbocycles. The van der Waals surface area contributed by atoms with E-state index >= 15 is 0 Å². The van der Waals surface area contributed by atoms with Crippen LogP contribution in [0.1, 0.15) is 37.7 Å². The van der Waals surface area contributed by atoms with Gasteiger partial charge in [-0.2, -0.15) is 0 Å². The Balaban J connectivity index is 1.80. The molecule has 19 heavy (non-hydrogen) atoms. The highest BCUT2D eigenvalue weighted by atomic mass is 32.2. The molecule has 0 unspecified atom stereocenters. The monoisotopic (exact) mass is 278 g/mol. The van der Waals surface area contributed by atoms with Gasteiger partial charge >= 0.3 is 0 Å². The second-order valence-electron chi connectivity index (χ2n) is 5.21. The summed E-state index contributed by atoms with van der Waals surface area (Å²) in [5.41, 5.74) is 8.35. The first-order valence-corrected chi connectivity index (χ1v) is 7.97. The van der Waals surface area contributed by atoms with Gasteiger partial charge in [-0.25, -0.2) is 0 Å². The zero-order chi connectivity index (χ0) is 13.7. The highest BCUT2D eigenvalue weighted by Gasteiger charge is 2.15. The summed E-state index contributed by atoms with van der Waals surface area (Å²) in [5.74, 6) is 0.573. The summed E-state index contributed by atoms with van der Waals surface area (Å²) in [4.78, 5) is 11.9. The summed E-state index contributed by atoms with van der Waals surface area (Å²) in [6.45, 7) is 1.99. The molecule has 1 aliphatic carbocycles. The third kappa shape index (κ3) is 4.46. The molecule has 0 saturated heterocycles. The summed E-state index contributed by atoms with van der Waals surface area (Å²) in [6, 6.07) is 5.71. The minimum absolute atomic E-state index is 0.0473. The van der Waals surface area contributed by atoms with E-state index in [1.165, 1.54) is 32.1 Å². The maximum absolute atomic E-state index is 11.9. The Morgan fingerprint density at radius 3 is 2.79 bits per heavy atom. The van der Waals surface area contributed by atoms with Crippen LogP contribution >= 0.6 is 11.8 Å². The van der Waals surface area contributed by atoms with Gasteiger partial charge in [0.15, 0.2) is 0 Å². The molecule has 0 radical (unpaired) electrons. The Bertz CT molecular complexity index is 442. The van der Waals surface area contributed by atoms with Gasteiger partial charge in [-0.3, -0.25) is 4.79 Å². The van der Waals surface area contributed by atoms with Gasteiger partial charge in [0.05, 0.1) is 17.1 Å². The summed E-state index contributed by atoms with van der Waals surface area (Å²) in [5, 5.41) is 3.55. The maximum Gasteiger partial charge on any atom is 0.234 e. The Hall–Kier alpha value is -1.16. The normalized spacial score (nSPS) is 16.3. The number of anilines is 2. The van der Waals surface area contributed by atoms with Crippen molar-refractivity contribution >= 4 is 29.0 Å². The fourth-order valence-corrected chi connectivity index (χ4v) is 3.53. The molecule has 3 N–H and O–H groups in total. The van der Waals surface area contributed by atoms with E-state index in [1.54, 1.807) is 11.8 Å². The van der Waals surface area contributed by atoms with E-state index in [0.717, 1.165) is 11.3 Å². The van der Waals surface area contributed by atoms with Crippen LogP contribution in [0.15, 0.2) is 18.2 Å². The van der Waals surface area contributed by atoms with Crippen LogP contribution in [0.4, 0.5) is 11.4 Å². The van der Waals surface area contributed by atoms with Crippen LogP contribution in [0.25, 0.3) is 0 Å². The Labute approximate surface area is 119 Å². The number of hydrogen-bond donors (Lipinski definition) is 2.